The van der Waals surface area contributed by atoms with Crippen LogP contribution in [-0.2, 0) is 11.3 Å². The molecule has 0 fully saturated rings. The van der Waals surface area contributed by atoms with Crippen molar-refractivity contribution in [2.75, 3.05) is 17.6 Å². The molecule has 162 valence electrons. The first-order chi connectivity index (χ1) is 15.1. The maximum atomic E-state index is 12.6. The van der Waals surface area contributed by atoms with Gasteiger partial charge < -0.3 is 21.1 Å². The molecule has 0 radical (unpaired) electrons. The van der Waals surface area contributed by atoms with Crippen molar-refractivity contribution < 1.29 is 9.53 Å². The number of benzene rings is 2. The van der Waals surface area contributed by atoms with Crippen LogP contribution < -0.4 is 21.1 Å². The molecule has 0 bridgehead atoms. The number of hydrogen-bond donors (Lipinski definition) is 4. The Hall–Kier alpha value is -3.03. The lowest BCUT2D eigenvalue weighted by molar-refractivity contribution is -0.127. The number of nitrogens with zero attached hydrogens (tertiary/aromatic N) is 1. The van der Waals surface area contributed by atoms with Crippen LogP contribution in [0.1, 0.15) is 12.5 Å². The number of carbonyl (C=O) groups excluding carboxylic acids is 1. The van der Waals surface area contributed by atoms with Gasteiger partial charge in [-0.1, -0.05) is 60.7 Å². The molecule has 1 heterocycles. The largest absolute Gasteiger partial charge is 0.463 e. The van der Waals surface area contributed by atoms with Crippen molar-refractivity contribution in [2.45, 2.75) is 25.6 Å². The van der Waals surface area contributed by atoms with E-state index in [-0.39, 0.29) is 11.9 Å². The van der Waals surface area contributed by atoms with Gasteiger partial charge in [0.05, 0.1) is 11.4 Å². The van der Waals surface area contributed by atoms with Crippen LogP contribution in [0.2, 0.25) is 0 Å². The van der Waals surface area contributed by atoms with Gasteiger partial charge in [-0.15, -0.1) is 0 Å². The molecule has 2 aromatic carbocycles. The van der Waals surface area contributed by atoms with Crippen molar-refractivity contribution in [3.05, 3.63) is 78.4 Å². The van der Waals surface area contributed by atoms with E-state index in [1.165, 1.54) is 0 Å². The second kappa shape index (κ2) is 11.4. The fourth-order valence-electron chi connectivity index (χ4n) is 2.89. The Labute approximate surface area is 188 Å². The van der Waals surface area contributed by atoms with Gasteiger partial charge in [-0.2, -0.15) is 12.6 Å². The highest BCUT2D eigenvalue weighted by Gasteiger charge is 2.18. The Kier molecular flexibility index (Phi) is 8.32. The Morgan fingerprint density at radius 3 is 2.42 bits per heavy atom. The van der Waals surface area contributed by atoms with Crippen LogP contribution in [0.5, 0.6) is 5.88 Å². The van der Waals surface area contributed by atoms with E-state index in [1.54, 1.807) is 6.92 Å². The average molecular weight is 437 g/mol. The zero-order chi connectivity index (χ0) is 22.1. The number of carbonyl (C=O) groups is 1. The van der Waals surface area contributed by atoms with Crippen molar-refractivity contribution >= 4 is 24.2 Å². The number of anilines is 1. The molecule has 2 unspecified atom stereocenters. The second-order valence-electron chi connectivity index (χ2n) is 7.20. The minimum Gasteiger partial charge on any atom is -0.463 e. The van der Waals surface area contributed by atoms with E-state index in [2.05, 4.69) is 28.2 Å². The van der Waals surface area contributed by atoms with Crippen LogP contribution in [0.15, 0.2) is 72.8 Å². The summed E-state index contributed by atoms with van der Waals surface area (Å²) in [6.45, 7) is 2.66. The second-order valence-corrected chi connectivity index (χ2v) is 7.57. The molecule has 4 N–H and O–H groups in total. The number of amides is 1. The number of nitrogens with one attached hydrogen (secondary N) is 2. The molecule has 31 heavy (non-hydrogen) atoms. The molecule has 1 aromatic heterocycles. The van der Waals surface area contributed by atoms with Crippen LogP contribution in [-0.4, -0.2) is 35.3 Å². The number of rotatable bonds is 10. The van der Waals surface area contributed by atoms with Gasteiger partial charge in [0.2, 0.25) is 5.88 Å². The van der Waals surface area contributed by atoms with Gasteiger partial charge in [-0.25, -0.2) is 4.98 Å². The Balaban J connectivity index is 1.74. The van der Waals surface area contributed by atoms with E-state index in [4.69, 9.17) is 10.5 Å². The Morgan fingerprint density at radius 1 is 1.06 bits per heavy atom. The van der Waals surface area contributed by atoms with Crippen molar-refractivity contribution in [1.82, 2.24) is 10.3 Å². The predicted molar refractivity (Wildman–Crippen MR) is 128 cm³/mol. The molecular weight excluding hydrogens is 408 g/mol. The number of hydrogen-bond acceptors (Lipinski definition) is 6. The summed E-state index contributed by atoms with van der Waals surface area (Å²) in [5.41, 5.74) is 9.40. The van der Waals surface area contributed by atoms with Crippen LogP contribution in [0, 0.1) is 0 Å². The third-order valence-electron chi connectivity index (χ3n) is 4.69. The van der Waals surface area contributed by atoms with Crippen molar-refractivity contribution in [1.29, 1.82) is 0 Å². The molecule has 7 heteroatoms. The standard InChI is InChI=1S/C24H28N4O2S/c1-17(23(29)27-14-18-8-4-2-5-9-18)30-24-22(26-15-20(25)16-31)13-12-21(28-24)19-10-6-3-7-11-19/h2-13,17,20,26,31H,14-16,25H2,1H3,(H,27,29). The molecule has 1 amide bonds. The summed E-state index contributed by atoms with van der Waals surface area (Å²) < 4.78 is 5.98. The SMILES string of the molecule is CC(Oc1nc(-c2ccccc2)ccc1NCC(N)CS)C(=O)NCc1ccccc1. The zero-order valence-electron chi connectivity index (χ0n) is 17.5. The highest BCUT2D eigenvalue weighted by Crippen LogP contribution is 2.28. The topological polar surface area (TPSA) is 89.3 Å². The third kappa shape index (κ3) is 6.73. The highest BCUT2D eigenvalue weighted by molar-refractivity contribution is 7.80. The zero-order valence-corrected chi connectivity index (χ0v) is 18.4. The smallest absolute Gasteiger partial charge is 0.261 e. The van der Waals surface area contributed by atoms with Gasteiger partial charge in [0.1, 0.15) is 0 Å². The molecule has 6 nitrogen and oxygen atoms in total. The van der Waals surface area contributed by atoms with Crippen molar-refractivity contribution in [2.24, 2.45) is 5.73 Å². The van der Waals surface area contributed by atoms with E-state index >= 15 is 0 Å². The first-order valence-electron chi connectivity index (χ1n) is 10.2. The fraction of sp³-hybridized carbons (Fsp3) is 0.250. The number of nitrogens with two attached hydrogens (primary N) is 1. The summed E-state index contributed by atoms with van der Waals surface area (Å²) >= 11 is 4.22. The van der Waals surface area contributed by atoms with E-state index < -0.39 is 6.10 Å². The first-order valence-corrected chi connectivity index (χ1v) is 10.8. The number of aromatic nitrogens is 1. The normalized spacial score (nSPS) is 12.6. The third-order valence-corrected chi connectivity index (χ3v) is 5.16. The minimum absolute atomic E-state index is 0.114. The maximum Gasteiger partial charge on any atom is 0.261 e. The van der Waals surface area contributed by atoms with E-state index in [1.807, 2.05) is 72.8 Å². The number of thiol groups is 1. The average Bonchev–Trinajstić information content (AvgIpc) is 2.82. The molecule has 0 aliphatic carbocycles. The van der Waals surface area contributed by atoms with Gasteiger partial charge >= 0.3 is 0 Å². The Bertz CT molecular complexity index is 970. The fourth-order valence-corrected chi connectivity index (χ4v) is 3.02. The van der Waals surface area contributed by atoms with Crippen molar-refractivity contribution in [3.8, 4) is 17.1 Å². The summed E-state index contributed by atoms with van der Waals surface area (Å²) in [6.07, 6.45) is -0.721. The summed E-state index contributed by atoms with van der Waals surface area (Å²) in [7, 11) is 0. The van der Waals surface area contributed by atoms with E-state index in [0.29, 0.717) is 30.4 Å². The predicted octanol–water partition coefficient (Wildman–Crippen LogP) is 3.50. The summed E-state index contributed by atoms with van der Waals surface area (Å²) in [5.74, 6) is 0.695. The lowest BCUT2D eigenvalue weighted by Crippen LogP contribution is -2.36. The molecule has 0 saturated carbocycles. The maximum absolute atomic E-state index is 12.6. The first kappa shape index (κ1) is 22.7. The summed E-state index contributed by atoms with van der Waals surface area (Å²) in [5, 5.41) is 6.15. The van der Waals surface area contributed by atoms with Gasteiger partial charge in [-0.3, -0.25) is 4.79 Å². The van der Waals surface area contributed by atoms with Crippen LogP contribution in [0.25, 0.3) is 11.3 Å². The van der Waals surface area contributed by atoms with Gasteiger partial charge in [-0.05, 0) is 24.6 Å². The molecule has 3 rings (SSSR count). The summed E-state index contributed by atoms with van der Waals surface area (Å²) in [6, 6.07) is 23.3. The lowest BCUT2D eigenvalue weighted by Gasteiger charge is -2.19. The molecule has 0 spiro atoms. The number of ether oxygens (including phenoxy) is 1. The van der Waals surface area contributed by atoms with Crippen LogP contribution >= 0.6 is 12.6 Å². The van der Waals surface area contributed by atoms with Gasteiger partial charge in [0.25, 0.3) is 5.91 Å². The quantitative estimate of drug-likeness (QED) is 0.365. The molecule has 0 saturated heterocycles. The molecule has 0 aliphatic rings. The summed E-state index contributed by atoms with van der Waals surface area (Å²) in [4.78, 5) is 17.2. The number of pyridine rings is 1. The monoisotopic (exact) mass is 436 g/mol. The van der Waals surface area contributed by atoms with E-state index in [0.717, 1.165) is 16.8 Å². The van der Waals surface area contributed by atoms with E-state index in [9.17, 15) is 4.79 Å². The molecule has 2 atom stereocenters. The Morgan fingerprint density at radius 2 is 1.74 bits per heavy atom. The van der Waals surface area contributed by atoms with Crippen molar-refractivity contribution in [3.63, 3.8) is 0 Å². The molecule has 3 aromatic rings. The highest BCUT2D eigenvalue weighted by atomic mass is 32.1. The van der Waals surface area contributed by atoms with Gasteiger partial charge in [0.15, 0.2) is 6.10 Å². The van der Waals surface area contributed by atoms with Crippen LogP contribution in [0.4, 0.5) is 5.69 Å². The minimum atomic E-state index is -0.721. The lowest BCUT2D eigenvalue weighted by atomic mass is 10.1. The molecule has 0 aliphatic heterocycles. The van der Waals surface area contributed by atoms with Crippen LogP contribution in [0.3, 0.4) is 0 Å². The molecular formula is C24H28N4O2S. The van der Waals surface area contributed by atoms with Gasteiger partial charge in [0, 0.05) is 30.4 Å².